The number of carbonyl (C=O) groups is 1. The lowest BCUT2D eigenvalue weighted by Gasteiger charge is -2.37. The van der Waals surface area contributed by atoms with Crippen LogP contribution in [0.5, 0.6) is 0 Å². The molecule has 2 heterocycles. The molecule has 0 saturated carbocycles. The van der Waals surface area contributed by atoms with E-state index in [1.807, 2.05) is 0 Å². The summed E-state index contributed by atoms with van der Waals surface area (Å²) in [6.45, 7) is 3.32. The van der Waals surface area contributed by atoms with E-state index in [9.17, 15) is 4.79 Å². The summed E-state index contributed by atoms with van der Waals surface area (Å²) in [7, 11) is 0. The average Bonchev–Trinajstić information content (AvgIpc) is 2.68. The summed E-state index contributed by atoms with van der Waals surface area (Å²) in [5.41, 5.74) is 2.63. The van der Waals surface area contributed by atoms with Gasteiger partial charge in [0.15, 0.2) is 0 Å². The third-order valence-corrected chi connectivity index (χ3v) is 5.97. The summed E-state index contributed by atoms with van der Waals surface area (Å²) >= 11 is 0. The second-order valence-electron chi connectivity index (χ2n) is 7.62. The van der Waals surface area contributed by atoms with Crippen molar-refractivity contribution in [2.45, 2.75) is 63.1 Å². The Morgan fingerprint density at radius 2 is 1.72 bits per heavy atom. The average molecular weight is 343 g/mol. The summed E-state index contributed by atoms with van der Waals surface area (Å²) in [6.07, 6.45) is 7.86. The number of benzene rings is 1. The van der Waals surface area contributed by atoms with Gasteiger partial charge in [-0.2, -0.15) is 0 Å². The van der Waals surface area contributed by atoms with Crippen LogP contribution >= 0.6 is 0 Å². The maximum absolute atomic E-state index is 13.1. The molecular formula is C21H29NO3. The maximum atomic E-state index is 13.1. The first kappa shape index (κ1) is 17.0. The van der Waals surface area contributed by atoms with E-state index >= 15 is 0 Å². The molecule has 4 nitrogen and oxygen atoms in total. The van der Waals surface area contributed by atoms with Crippen LogP contribution in [0, 0.1) is 0 Å². The van der Waals surface area contributed by atoms with Crippen molar-refractivity contribution < 1.29 is 14.3 Å². The van der Waals surface area contributed by atoms with Gasteiger partial charge in [-0.15, -0.1) is 0 Å². The minimum atomic E-state index is 0.0675. The predicted octanol–water partition coefficient (Wildman–Crippen LogP) is 3.29. The van der Waals surface area contributed by atoms with Gasteiger partial charge in [0.25, 0.3) is 0 Å². The van der Waals surface area contributed by atoms with Crippen molar-refractivity contribution in [3.63, 3.8) is 0 Å². The Morgan fingerprint density at radius 1 is 1.00 bits per heavy atom. The van der Waals surface area contributed by atoms with Gasteiger partial charge in [-0.3, -0.25) is 4.79 Å². The van der Waals surface area contributed by atoms with Crippen molar-refractivity contribution >= 4 is 5.91 Å². The highest BCUT2D eigenvalue weighted by molar-refractivity contribution is 5.84. The molecule has 3 aliphatic rings. The van der Waals surface area contributed by atoms with Crippen molar-refractivity contribution in [3.05, 3.63) is 35.4 Å². The Hall–Kier alpha value is -1.39. The zero-order chi connectivity index (χ0) is 17.1. The van der Waals surface area contributed by atoms with E-state index in [0.717, 1.165) is 71.2 Å². The molecule has 2 fully saturated rings. The molecular weight excluding hydrogens is 314 g/mol. The summed E-state index contributed by atoms with van der Waals surface area (Å²) < 4.78 is 11.6. The molecule has 25 heavy (non-hydrogen) atoms. The summed E-state index contributed by atoms with van der Waals surface area (Å²) in [6, 6.07) is 8.49. The number of hydrogen-bond donors (Lipinski definition) is 0. The van der Waals surface area contributed by atoms with E-state index in [-0.39, 0.29) is 5.92 Å². The van der Waals surface area contributed by atoms with Crippen LogP contribution in [0.15, 0.2) is 24.3 Å². The third-order valence-electron chi connectivity index (χ3n) is 5.97. The standard InChI is InChI=1S/C21H29NO3/c23-21(20-7-3-5-16-4-1-2-6-19(16)20)22-12-8-17(9-13-22)25-18-10-14-24-15-11-18/h1-2,4,6,17-18,20H,3,5,7-15H2/t20-/m1/s1. The van der Waals surface area contributed by atoms with Crippen molar-refractivity contribution in [1.82, 2.24) is 4.90 Å². The minimum Gasteiger partial charge on any atom is -0.381 e. The summed E-state index contributed by atoms with van der Waals surface area (Å²) in [4.78, 5) is 15.2. The van der Waals surface area contributed by atoms with Gasteiger partial charge in [-0.1, -0.05) is 24.3 Å². The number of ether oxygens (including phenoxy) is 2. The molecule has 0 N–H and O–H groups in total. The summed E-state index contributed by atoms with van der Waals surface area (Å²) in [5, 5.41) is 0. The van der Waals surface area contributed by atoms with Gasteiger partial charge in [0.2, 0.25) is 5.91 Å². The van der Waals surface area contributed by atoms with Crippen LogP contribution in [0.25, 0.3) is 0 Å². The quantitative estimate of drug-likeness (QED) is 0.845. The fourth-order valence-electron chi connectivity index (χ4n) is 4.53. The van der Waals surface area contributed by atoms with Gasteiger partial charge >= 0.3 is 0 Å². The second kappa shape index (κ2) is 7.88. The number of hydrogen-bond acceptors (Lipinski definition) is 3. The summed E-state index contributed by atoms with van der Waals surface area (Å²) in [5.74, 6) is 0.398. The van der Waals surface area contributed by atoms with E-state index < -0.39 is 0 Å². The molecule has 4 rings (SSSR count). The molecule has 0 spiro atoms. The number of likely N-dealkylation sites (tertiary alicyclic amines) is 1. The smallest absolute Gasteiger partial charge is 0.230 e. The largest absolute Gasteiger partial charge is 0.381 e. The highest BCUT2D eigenvalue weighted by Gasteiger charge is 2.32. The van der Waals surface area contributed by atoms with Crippen LogP contribution in [-0.2, 0) is 20.7 Å². The Morgan fingerprint density at radius 3 is 2.52 bits per heavy atom. The molecule has 1 aromatic carbocycles. The lowest BCUT2D eigenvalue weighted by atomic mass is 9.82. The SMILES string of the molecule is O=C([C@@H]1CCCc2ccccc21)N1CCC(OC2CCOCC2)CC1. The molecule has 136 valence electrons. The van der Waals surface area contributed by atoms with Crippen LogP contribution in [0.2, 0.25) is 0 Å². The highest BCUT2D eigenvalue weighted by Crippen LogP contribution is 2.33. The number of nitrogens with zero attached hydrogens (tertiary/aromatic N) is 1. The van der Waals surface area contributed by atoms with E-state index in [2.05, 4.69) is 29.2 Å². The molecule has 1 aliphatic carbocycles. The van der Waals surface area contributed by atoms with Crippen LogP contribution in [0.1, 0.15) is 55.6 Å². The Bertz CT molecular complexity index is 589. The van der Waals surface area contributed by atoms with Crippen LogP contribution in [0.4, 0.5) is 0 Å². The molecule has 1 aromatic rings. The first-order valence-corrected chi connectivity index (χ1v) is 9.91. The molecule has 4 heteroatoms. The van der Waals surface area contributed by atoms with Gasteiger partial charge in [-0.05, 0) is 56.1 Å². The van der Waals surface area contributed by atoms with E-state index in [1.54, 1.807) is 0 Å². The van der Waals surface area contributed by atoms with Crippen molar-refractivity contribution in [2.75, 3.05) is 26.3 Å². The second-order valence-corrected chi connectivity index (χ2v) is 7.62. The predicted molar refractivity (Wildman–Crippen MR) is 96.6 cm³/mol. The van der Waals surface area contributed by atoms with Crippen LogP contribution in [-0.4, -0.2) is 49.3 Å². The van der Waals surface area contributed by atoms with E-state index in [0.29, 0.717) is 18.1 Å². The monoisotopic (exact) mass is 343 g/mol. The van der Waals surface area contributed by atoms with Crippen molar-refractivity contribution in [1.29, 1.82) is 0 Å². The molecule has 0 radical (unpaired) electrons. The van der Waals surface area contributed by atoms with E-state index in [1.165, 1.54) is 11.1 Å². The number of rotatable bonds is 3. The van der Waals surface area contributed by atoms with Gasteiger partial charge in [0.1, 0.15) is 0 Å². The number of piperidine rings is 1. The number of amides is 1. The fourth-order valence-corrected chi connectivity index (χ4v) is 4.53. The molecule has 0 bridgehead atoms. The molecule has 1 amide bonds. The Balaban J connectivity index is 1.32. The first-order valence-electron chi connectivity index (χ1n) is 9.91. The molecule has 2 aliphatic heterocycles. The van der Waals surface area contributed by atoms with Crippen molar-refractivity contribution in [3.8, 4) is 0 Å². The van der Waals surface area contributed by atoms with Gasteiger partial charge in [0.05, 0.1) is 18.1 Å². The molecule has 0 aromatic heterocycles. The van der Waals surface area contributed by atoms with Crippen LogP contribution < -0.4 is 0 Å². The Labute approximate surface area is 150 Å². The topological polar surface area (TPSA) is 38.8 Å². The normalized spacial score (nSPS) is 25.6. The van der Waals surface area contributed by atoms with Gasteiger partial charge in [-0.25, -0.2) is 0 Å². The molecule has 2 saturated heterocycles. The minimum absolute atomic E-state index is 0.0675. The lowest BCUT2D eigenvalue weighted by Crippen LogP contribution is -2.44. The first-order chi connectivity index (χ1) is 12.3. The number of carbonyl (C=O) groups excluding carboxylic acids is 1. The van der Waals surface area contributed by atoms with Crippen LogP contribution in [0.3, 0.4) is 0 Å². The van der Waals surface area contributed by atoms with E-state index in [4.69, 9.17) is 9.47 Å². The van der Waals surface area contributed by atoms with Crippen molar-refractivity contribution in [2.24, 2.45) is 0 Å². The molecule has 1 atom stereocenters. The third kappa shape index (κ3) is 3.90. The highest BCUT2D eigenvalue weighted by atomic mass is 16.5. The number of fused-ring (bicyclic) bond motifs is 1. The zero-order valence-electron chi connectivity index (χ0n) is 15.0. The Kier molecular flexibility index (Phi) is 5.37. The van der Waals surface area contributed by atoms with Gasteiger partial charge < -0.3 is 14.4 Å². The molecule has 0 unspecified atom stereocenters. The fraction of sp³-hybridized carbons (Fsp3) is 0.667. The van der Waals surface area contributed by atoms with Gasteiger partial charge in [0, 0.05) is 26.3 Å². The maximum Gasteiger partial charge on any atom is 0.230 e. The lowest BCUT2D eigenvalue weighted by molar-refractivity contribution is -0.137. The zero-order valence-corrected chi connectivity index (χ0v) is 15.0. The number of aryl methyl sites for hydroxylation is 1.